The van der Waals surface area contributed by atoms with Crippen molar-refractivity contribution >= 4 is 40.4 Å². The van der Waals surface area contributed by atoms with Crippen molar-refractivity contribution in [3.8, 4) is 0 Å². The molecule has 7 heteroatoms. The van der Waals surface area contributed by atoms with Crippen LogP contribution in [0.3, 0.4) is 0 Å². The van der Waals surface area contributed by atoms with E-state index in [1.54, 1.807) is 24.5 Å². The van der Waals surface area contributed by atoms with Gasteiger partial charge in [-0.3, -0.25) is 14.8 Å². The van der Waals surface area contributed by atoms with Gasteiger partial charge in [0.25, 0.3) is 5.91 Å². The zero-order chi connectivity index (χ0) is 21.1. The Morgan fingerprint density at radius 3 is 2.60 bits per heavy atom. The maximum absolute atomic E-state index is 13.2. The van der Waals surface area contributed by atoms with E-state index in [4.69, 9.17) is 5.11 Å². The minimum Gasteiger partial charge on any atom is -0.478 e. The van der Waals surface area contributed by atoms with E-state index < -0.39 is 5.97 Å². The predicted octanol–water partition coefficient (Wildman–Crippen LogP) is 4.30. The Balaban J connectivity index is 1.75. The molecule has 1 aliphatic heterocycles. The number of fused-ring (bicyclic) bond motifs is 1. The van der Waals surface area contributed by atoms with Crippen LogP contribution in [0.25, 0.3) is 17.1 Å². The third-order valence-electron chi connectivity index (χ3n) is 4.91. The lowest BCUT2D eigenvalue weighted by molar-refractivity contribution is -0.114. The van der Waals surface area contributed by atoms with E-state index in [0.29, 0.717) is 23.4 Å². The highest BCUT2D eigenvalue weighted by atomic mass is 16.4. The van der Waals surface area contributed by atoms with Crippen LogP contribution in [0.2, 0.25) is 0 Å². The van der Waals surface area contributed by atoms with Crippen LogP contribution in [-0.4, -0.2) is 32.7 Å². The smallest absolute Gasteiger partial charge is 0.335 e. The van der Waals surface area contributed by atoms with E-state index in [0.717, 1.165) is 29.4 Å². The first-order valence-electron chi connectivity index (χ1n) is 9.75. The summed E-state index contributed by atoms with van der Waals surface area (Å²) in [7, 11) is 0. The molecule has 0 fully saturated rings. The zero-order valence-electron chi connectivity index (χ0n) is 16.4. The number of nitrogens with zero attached hydrogens (tertiary/aromatic N) is 4. The SMILES string of the molecule is CCCCC1=NN(c2ccc(C(=O)O)cc2)C(=O)/C1=C\c1cccc2nccnc12. The Labute approximate surface area is 173 Å². The number of hydrazone groups is 1. The lowest BCUT2D eigenvalue weighted by Crippen LogP contribution is -2.21. The molecular weight excluding hydrogens is 380 g/mol. The van der Waals surface area contributed by atoms with Gasteiger partial charge in [-0.2, -0.15) is 10.1 Å². The van der Waals surface area contributed by atoms with Crippen LogP contribution in [0.1, 0.15) is 42.1 Å². The number of benzene rings is 2. The van der Waals surface area contributed by atoms with Crippen molar-refractivity contribution < 1.29 is 14.7 Å². The molecule has 30 heavy (non-hydrogen) atoms. The van der Waals surface area contributed by atoms with Gasteiger partial charge in [-0.05, 0) is 49.2 Å². The average molecular weight is 400 g/mol. The summed E-state index contributed by atoms with van der Waals surface area (Å²) in [6.07, 6.45) is 7.64. The van der Waals surface area contributed by atoms with Gasteiger partial charge in [-0.25, -0.2) is 4.79 Å². The maximum Gasteiger partial charge on any atom is 0.335 e. The van der Waals surface area contributed by atoms with Crippen LogP contribution in [0.15, 0.2) is 65.5 Å². The number of unbranched alkanes of at least 4 members (excludes halogenated alkanes) is 1. The second-order valence-corrected chi connectivity index (χ2v) is 6.95. The molecular formula is C23H20N4O3. The van der Waals surface area contributed by atoms with Crippen molar-refractivity contribution in [3.63, 3.8) is 0 Å². The van der Waals surface area contributed by atoms with Crippen LogP contribution in [-0.2, 0) is 4.79 Å². The minimum absolute atomic E-state index is 0.158. The summed E-state index contributed by atoms with van der Waals surface area (Å²) in [6.45, 7) is 2.09. The molecule has 0 saturated carbocycles. The monoisotopic (exact) mass is 400 g/mol. The third-order valence-corrected chi connectivity index (χ3v) is 4.91. The number of hydrogen-bond donors (Lipinski definition) is 1. The molecule has 1 aliphatic rings. The van der Waals surface area contributed by atoms with E-state index in [1.807, 2.05) is 24.3 Å². The molecule has 4 rings (SSSR count). The van der Waals surface area contributed by atoms with Crippen molar-refractivity contribution in [2.75, 3.05) is 5.01 Å². The van der Waals surface area contributed by atoms with Gasteiger partial charge in [-0.15, -0.1) is 0 Å². The standard InChI is InChI=1S/C23H20N4O3/c1-2-3-6-19-18(14-16-5-4-7-20-21(16)25-13-12-24-20)22(28)27(26-19)17-10-8-15(9-11-17)23(29)30/h4-5,7-14H,2-3,6H2,1H3,(H,29,30)/b18-14-. The van der Waals surface area contributed by atoms with Crippen molar-refractivity contribution in [1.82, 2.24) is 9.97 Å². The first-order chi connectivity index (χ1) is 14.6. The predicted molar refractivity (Wildman–Crippen MR) is 115 cm³/mol. The first kappa shape index (κ1) is 19.4. The second-order valence-electron chi connectivity index (χ2n) is 6.95. The largest absolute Gasteiger partial charge is 0.478 e. The van der Waals surface area contributed by atoms with Crippen molar-refractivity contribution in [1.29, 1.82) is 0 Å². The summed E-state index contributed by atoms with van der Waals surface area (Å²) >= 11 is 0. The fourth-order valence-corrected chi connectivity index (χ4v) is 3.34. The fraction of sp³-hybridized carbons (Fsp3) is 0.174. The normalized spacial score (nSPS) is 15.1. The number of rotatable bonds is 6. The summed E-state index contributed by atoms with van der Waals surface area (Å²) in [6, 6.07) is 11.8. The highest BCUT2D eigenvalue weighted by Crippen LogP contribution is 2.28. The number of carbonyl (C=O) groups is 2. The molecule has 7 nitrogen and oxygen atoms in total. The van der Waals surface area contributed by atoms with E-state index in [2.05, 4.69) is 22.0 Å². The molecule has 2 heterocycles. The molecule has 3 aromatic rings. The Hall–Kier alpha value is -3.87. The number of amides is 1. The van der Waals surface area contributed by atoms with E-state index in [1.165, 1.54) is 17.1 Å². The van der Waals surface area contributed by atoms with E-state index in [9.17, 15) is 9.59 Å². The molecule has 2 aromatic carbocycles. The highest BCUT2D eigenvalue weighted by Gasteiger charge is 2.31. The summed E-state index contributed by atoms with van der Waals surface area (Å²) in [4.78, 5) is 33.1. The molecule has 1 aromatic heterocycles. The maximum atomic E-state index is 13.2. The minimum atomic E-state index is -1.01. The molecule has 0 radical (unpaired) electrons. The number of para-hydroxylation sites is 1. The van der Waals surface area contributed by atoms with Gasteiger partial charge in [0.15, 0.2) is 0 Å². The Kier molecular flexibility index (Phi) is 5.34. The van der Waals surface area contributed by atoms with Crippen LogP contribution in [0.5, 0.6) is 0 Å². The van der Waals surface area contributed by atoms with Gasteiger partial charge < -0.3 is 5.11 Å². The van der Waals surface area contributed by atoms with Gasteiger partial charge in [0.1, 0.15) is 0 Å². The highest BCUT2D eigenvalue weighted by molar-refractivity contribution is 6.33. The quantitative estimate of drug-likeness (QED) is 0.622. The molecule has 0 saturated heterocycles. The summed E-state index contributed by atoms with van der Waals surface area (Å²) in [5.74, 6) is -1.26. The number of anilines is 1. The van der Waals surface area contributed by atoms with Gasteiger partial charge in [0.05, 0.1) is 33.6 Å². The topological polar surface area (TPSA) is 95.8 Å². The molecule has 1 amide bonds. The number of aromatic nitrogens is 2. The van der Waals surface area contributed by atoms with Crippen molar-refractivity contribution in [3.05, 3.63) is 71.6 Å². The van der Waals surface area contributed by atoms with Gasteiger partial charge in [-0.1, -0.05) is 25.5 Å². The van der Waals surface area contributed by atoms with Crippen molar-refractivity contribution in [2.24, 2.45) is 5.10 Å². The van der Waals surface area contributed by atoms with Gasteiger partial charge in [0, 0.05) is 18.0 Å². The lowest BCUT2D eigenvalue weighted by Gasteiger charge is -2.11. The fourth-order valence-electron chi connectivity index (χ4n) is 3.34. The Bertz CT molecular complexity index is 1180. The lowest BCUT2D eigenvalue weighted by atomic mass is 10.0. The molecule has 1 N–H and O–H groups in total. The van der Waals surface area contributed by atoms with Crippen LogP contribution < -0.4 is 5.01 Å². The van der Waals surface area contributed by atoms with E-state index in [-0.39, 0.29) is 11.5 Å². The second kappa shape index (κ2) is 8.24. The Morgan fingerprint density at radius 2 is 1.87 bits per heavy atom. The number of hydrogen-bond acceptors (Lipinski definition) is 5. The molecule has 0 bridgehead atoms. The molecule has 0 atom stereocenters. The number of carboxylic acids is 1. The van der Waals surface area contributed by atoms with Crippen LogP contribution in [0.4, 0.5) is 5.69 Å². The number of aromatic carboxylic acids is 1. The molecule has 0 unspecified atom stereocenters. The molecule has 150 valence electrons. The third kappa shape index (κ3) is 3.69. The van der Waals surface area contributed by atoms with Crippen LogP contribution in [0, 0.1) is 0 Å². The summed E-state index contributed by atoms with van der Waals surface area (Å²) in [5, 5.41) is 15.0. The van der Waals surface area contributed by atoms with Gasteiger partial charge >= 0.3 is 5.97 Å². The zero-order valence-corrected chi connectivity index (χ0v) is 16.4. The first-order valence-corrected chi connectivity index (χ1v) is 9.75. The molecule has 0 spiro atoms. The van der Waals surface area contributed by atoms with Gasteiger partial charge in [0.2, 0.25) is 0 Å². The van der Waals surface area contributed by atoms with Crippen LogP contribution >= 0.6 is 0 Å². The number of carboxylic acid groups (broad SMARTS) is 1. The number of carbonyl (C=O) groups excluding carboxylic acids is 1. The van der Waals surface area contributed by atoms with E-state index >= 15 is 0 Å². The average Bonchev–Trinajstić information content (AvgIpc) is 3.08. The summed E-state index contributed by atoms with van der Waals surface area (Å²) < 4.78 is 0. The summed E-state index contributed by atoms with van der Waals surface area (Å²) in [5.41, 5.74) is 4.20. The Morgan fingerprint density at radius 1 is 1.10 bits per heavy atom. The van der Waals surface area contributed by atoms with Crippen molar-refractivity contribution in [2.45, 2.75) is 26.2 Å². The molecule has 0 aliphatic carbocycles.